The van der Waals surface area contributed by atoms with Gasteiger partial charge in [-0.25, -0.2) is 29.9 Å². The molecule has 10 rings (SSSR count). The van der Waals surface area contributed by atoms with Crippen molar-refractivity contribution in [3.63, 3.8) is 0 Å². The van der Waals surface area contributed by atoms with Gasteiger partial charge >= 0.3 is 12.4 Å². The molecule has 0 fully saturated rings. The summed E-state index contributed by atoms with van der Waals surface area (Å²) in [5.41, 5.74) is 3.07. The Kier molecular flexibility index (Phi) is 13.6. The number of anilines is 4. The summed E-state index contributed by atoms with van der Waals surface area (Å²) in [6.45, 7) is 3.73. The second-order valence-corrected chi connectivity index (χ2v) is 20.2. The number of thiazole rings is 2. The van der Waals surface area contributed by atoms with Crippen molar-refractivity contribution >= 4 is 61.9 Å². The van der Waals surface area contributed by atoms with Crippen molar-refractivity contribution < 1.29 is 36.6 Å². The van der Waals surface area contributed by atoms with E-state index in [4.69, 9.17) is 0 Å². The summed E-state index contributed by atoms with van der Waals surface area (Å²) in [6, 6.07) is 24.2. The van der Waals surface area contributed by atoms with Crippen LogP contribution in [0.2, 0.25) is 0 Å². The molecule has 362 valence electrons. The van der Waals surface area contributed by atoms with Crippen molar-refractivity contribution in [3.05, 3.63) is 174 Å². The Morgan fingerprint density at radius 1 is 0.606 bits per heavy atom. The average molecular weight is 1070 g/mol. The van der Waals surface area contributed by atoms with Crippen molar-refractivity contribution in [1.82, 2.24) is 29.9 Å². The van der Waals surface area contributed by atoms with Gasteiger partial charge in [0.15, 0.2) is 0 Å². The number of fused-ring (bicyclic) bond motifs is 2. The Balaban J connectivity index is 0.000000176. The molecule has 2 atom stereocenters. The molecule has 2 unspecified atom stereocenters. The van der Waals surface area contributed by atoms with Crippen LogP contribution in [-0.2, 0) is 36.4 Å². The maximum Gasteiger partial charge on any atom is 0.416 e. The zero-order valence-electron chi connectivity index (χ0n) is 37.6. The highest BCUT2D eigenvalue weighted by molar-refractivity contribution is 9.10. The number of aryl methyl sites for hydroxylation is 4. The van der Waals surface area contributed by atoms with Crippen molar-refractivity contribution in [2.24, 2.45) is 0 Å². The molecule has 71 heavy (non-hydrogen) atoms. The van der Waals surface area contributed by atoms with E-state index in [1.807, 2.05) is 50.2 Å². The van der Waals surface area contributed by atoms with Gasteiger partial charge in [0.05, 0.1) is 43.9 Å². The highest BCUT2D eigenvalue weighted by Gasteiger charge is 2.41. The zero-order chi connectivity index (χ0) is 50.3. The lowest BCUT2D eigenvalue weighted by Gasteiger charge is -2.33. The molecule has 0 saturated carbocycles. The third-order valence-electron chi connectivity index (χ3n) is 12.0. The minimum Gasteiger partial charge on any atom is -0.378 e. The number of nitrogens with zero attached hydrogens (tertiary/aromatic N) is 7. The lowest BCUT2D eigenvalue weighted by molar-refractivity contribution is -0.138. The molecule has 2 aliphatic rings. The summed E-state index contributed by atoms with van der Waals surface area (Å²) in [4.78, 5) is 27.6. The predicted molar refractivity (Wildman–Crippen MR) is 262 cm³/mol. The Morgan fingerprint density at radius 2 is 1.07 bits per heavy atom. The van der Waals surface area contributed by atoms with Crippen LogP contribution in [0, 0.1) is 25.2 Å². The second kappa shape index (κ2) is 19.5. The standard InChI is InChI=1S/C26H20F3N5OS.C25H20BrF3N4OS/c1-15-9-20(33-23(10-15)34-22-12-18(6-8-31-22)26(27,28)29)21-14-32-24(36-21)25(35)7-2-3-17-11-16(13-30)4-5-19(17)25;1-14-9-19(32-22(10-14)33-21-12-16(6-8-30-21)25(27,28)29)20-13-31-23(35-20)24(34)7-2-3-15-11-17(26)4-5-18(15)24/h4-6,8-12,14,35H,2-3,7H2,1H3,(H,31,33,34);4-6,8-13,34H,2-3,7H2,1H3,(H,30,32,33). The molecule has 0 spiro atoms. The van der Waals surface area contributed by atoms with Crippen molar-refractivity contribution in [2.45, 2.75) is 75.9 Å². The van der Waals surface area contributed by atoms with Crippen LogP contribution in [0.5, 0.6) is 0 Å². The van der Waals surface area contributed by atoms with Crippen LogP contribution in [0.3, 0.4) is 0 Å². The molecule has 2 aromatic carbocycles. The summed E-state index contributed by atoms with van der Waals surface area (Å²) in [5.74, 6) is 0.794. The summed E-state index contributed by atoms with van der Waals surface area (Å²) in [7, 11) is 0. The van der Waals surface area contributed by atoms with E-state index in [2.05, 4.69) is 62.5 Å². The summed E-state index contributed by atoms with van der Waals surface area (Å²) in [6.07, 6.45) is 0.954. The highest BCUT2D eigenvalue weighted by Crippen LogP contribution is 2.46. The van der Waals surface area contributed by atoms with Gasteiger partial charge in [-0.05, 0) is 159 Å². The number of nitrogens with one attached hydrogen (secondary N) is 2. The second-order valence-electron chi connectivity index (χ2n) is 17.2. The van der Waals surface area contributed by atoms with Gasteiger partial charge in [0, 0.05) is 29.3 Å². The largest absolute Gasteiger partial charge is 0.416 e. The lowest BCUT2D eigenvalue weighted by Crippen LogP contribution is -2.31. The van der Waals surface area contributed by atoms with Crippen LogP contribution in [-0.4, -0.2) is 40.1 Å². The summed E-state index contributed by atoms with van der Waals surface area (Å²) >= 11 is 6.18. The van der Waals surface area contributed by atoms with E-state index in [9.17, 15) is 41.8 Å². The van der Waals surface area contributed by atoms with E-state index in [1.165, 1.54) is 22.7 Å². The number of hydrogen-bond acceptors (Lipinski definition) is 13. The molecule has 0 radical (unpaired) electrons. The number of aromatic nitrogens is 6. The van der Waals surface area contributed by atoms with Crippen molar-refractivity contribution in [3.8, 4) is 27.2 Å². The molecule has 11 nitrogen and oxygen atoms in total. The van der Waals surface area contributed by atoms with Crippen LogP contribution in [0.15, 0.2) is 114 Å². The Morgan fingerprint density at radius 3 is 1.54 bits per heavy atom. The first kappa shape index (κ1) is 49.4. The highest BCUT2D eigenvalue weighted by atomic mass is 79.9. The van der Waals surface area contributed by atoms with Crippen LogP contribution >= 0.6 is 38.6 Å². The van der Waals surface area contributed by atoms with Gasteiger partial charge in [0.2, 0.25) is 0 Å². The molecule has 0 aliphatic heterocycles. The first-order valence-electron chi connectivity index (χ1n) is 22.1. The first-order chi connectivity index (χ1) is 33.8. The average Bonchev–Trinajstić information content (AvgIpc) is 4.04. The zero-order valence-corrected chi connectivity index (χ0v) is 40.8. The van der Waals surface area contributed by atoms with Gasteiger partial charge in [-0.2, -0.15) is 31.6 Å². The third-order valence-corrected chi connectivity index (χ3v) is 14.8. The van der Waals surface area contributed by atoms with Crippen LogP contribution in [0.1, 0.15) is 85.8 Å². The van der Waals surface area contributed by atoms with Crippen LogP contribution in [0.25, 0.3) is 21.1 Å². The van der Waals surface area contributed by atoms with E-state index >= 15 is 0 Å². The van der Waals surface area contributed by atoms with E-state index < -0.39 is 34.7 Å². The van der Waals surface area contributed by atoms with E-state index in [0.29, 0.717) is 56.3 Å². The first-order valence-corrected chi connectivity index (χ1v) is 24.5. The quantitative estimate of drug-likeness (QED) is 0.107. The number of halogens is 7. The van der Waals surface area contributed by atoms with Crippen molar-refractivity contribution in [1.29, 1.82) is 5.26 Å². The fourth-order valence-electron chi connectivity index (χ4n) is 8.72. The molecule has 8 aromatic rings. The third kappa shape index (κ3) is 10.7. The molecule has 0 bridgehead atoms. The van der Waals surface area contributed by atoms with Crippen molar-refractivity contribution in [2.75, 3.05) is 10.6 Å². The maximum atomic E-state index is 13.1. The molecular weight excluding hydrogens is 1030 g/mol. The molecule has 2 aliphatic carbocycles. The number of rotatable bonds is 8. The number of pyridine rings is 4. The number of hydrogen-bond donors (Lipinski definition) is 4. The van der Waals surface area contributed by atoms with Gasteiger partial charge in [-0.15, -0.1) is 22.7 Å². The molecule has 20 heteroatoms. The van der Waals surface area contributed by atoms with E-state index in [0.717, 1.165) is 105 Å². The molecule has 4 N–H and O–H groups in total. The maximum absolute atomic E-state index is 13.1. The fourth-order valence-corrected chi connectivity index (χ4v) is 11.2. The topological polar surface area (TPSA) is 166 Å². The molecule has 6 heterocycles. The number of nitriles is 1. The summed E-state index contributed by atoms with van der Waals surface area (Å²) < 4.78 is 79.3. The SMILES string of the molecule is Cc1cc(Nc2cc(C(F)(F)F)ccn2)nc(-c2cnc(C3(O)CCCc4cc(Br)ccc43)s2)c1.Cc1cc(Nc2cc(C(F)(F)F)ccn2)nc(-c2cnc(C3(O)CCCc4cc(C#N)ccc43)s2)c1. The van der Waals surface area contributed by atoms with E-state index in [1.54, 1.807) is 36.7 Å². The number of aliphatic hydroxyl groups is 2. The van der Waals surface area contributed by atoms with Gasteiger partial charge in [-0.1, -0.05) is 28.1 Å². The number of alkyl halides is 6. The summed E-state index contributed by atoms with van der Waals surface area (Å²) in [5, 5.41) is 39.3. The van der Waals surface area contributed by atoms with Crippen LogP contribution in [0.4, 0.5) is 49.6 Å². The normalized spacial score (nSPS) is 17.5. The minimum atomic E-state index is -4.47. The molecule has 0 amide bonds. The van der Waals surface area contributed by atoms with Crippen LogP contribution < -0.4 is 10.6 Å². The minimum absolute atomic E-state index is 0.0312. The Bertz CT molecular complexity index is 3340. The van der Waals surface area contributed by atoms with Gasteiger partial charge in [-0.3, -0.25) is 0 Å². The molecule has 0 saturated heterocycles. The Labute approximate surface area is 419 Å². The number of benzene rings is 2. The van der Waals surface area contributed by atoms with E-state index in [-0.39, 0.29) is 11.6 Å². The molecule has 6 aromatic heterocycles. The smallest absolute Gasteiger partial charge is 0.378 e. The Hall–Kier alpha value is -6.63. The van der Waals surface area contributed by atoms with Gasteiger partial charge in [0.1, 0.15) is 44.5 Å². The van der Waals surface area contributed by atoms with Gasteiger partial charge < -0.3 is 20.8 Å². The molecular formula is C51H40BrF6N9O2S2. The monoisotopic (exact) mass is 1070 g/mol. The predicted octanol–water partition coefficient (Wildman–Crippen LogP) is 13.1. The van der Waals surface area contributed by atoms with Gasteiger partial charge in [0.25, 0.3) is 0 Å². The lowest BCUT2D eigenvalue weighted by atomic mass is 9.79. The fraction of sp³-hybridized carbons (Fsp3) is 0.235.